The molecule has 0 heterocycles. The van der Waals surface area contributed by atoms with E-state index < -0.39 is 0 Å². The molecule has 2 nitrogen and oxygen atoms in total. The number of carbonyl (C=O) groups is 2. The monoisotopic (exact) mass is 368 g/mol. The number of Topliss-reactive ketones (excluding diaryl/α,β-unsaturated/α-hetero) is 1. The van der Waals surface area contributed by atoms with Crippen LogP contribution in [0.25, 0.3) is 5.57 Å². The molecule has 0 aliphatic rings. The van der Waals surface area contributed by atoms with Crippen LogP contribution in [0.2, 0.25) is 0 Å². The first kappa shape index (κ1) is 19.5. The summed E-state index contributed by atoms with van der Waals surface area (Å²) in [6.45, 7) is 4.34. The highest BCUT2D eigenvalue weighted by Gasteiger charge is 2.16. The molecule has 0 spiro atoms. The average Bonchev–Trinajstić information content (AvgIpc) is 2.73. The minimum atomic E-state index is -0.167. The molecular formula is C26H24O2. The number of hydrogen-bond donors (Lipinski definition) is 0. The minimum Gasteiger partial charge on any atom is -0.289 e. The van der Waals surface area contributed by atoms with Gasteiger partial charge < -0.3 is 0 Å². The quantitative estimate of drug-likeness (QED) is 0.377. The van der Waals surface area contributed by atoms with Crippen molar-refractivity contribution in [3.63, 3.8) is 0 Å². The lowest BCUT2D eigenvalue weighted by molar-refractivity contribution is 0.102. The summed E-state index contributed by atoms with van der Waals surface area (Å²) in [7, 11) is 0. The third-order valence-corrected chi connectivity index (χ3v) is 4.52. The van der Waals surface area contributed by atoms with Gasteiger partial charge in [0.25, 0.3) is 0 Å². The first-order valence-corrected chi connectivity index (χ1v) is 9.54. The molecule has 2 heteroatoms. The van der Waals surface area contributed by atoms with Gasteiger partial charge in [0.15, 0.2) is 11.6 Å². The van der Waals surface area contributed by atoms with Gasteiger partial charge in [-0.3, -0.25) is 9.59 Å². The number of allylic oxidation sites excluding steroid dienone is 2. The molecule has 0 saturated carbocycles. The highest BCUT2D eigenvalue weighted by molar-refractivity contribution is 6.32. The molecule has 0 aliphatic carbocycles. The second-order valence-corrected chi connectivity index (χ2v) is 7.28. The van der Waals surface area contributed by atoms with Gasteiger partial charge in [-0.15, -0.1) is 0 Å². The Morgan fingerprint density at radius 1 is 0.714 bits per heavy atom. The summed E-state index contributed by atoms with van der Waals surface area (Å²) < 4.78 is 0. The Labute approximate surface area is 166 Å². The molecule has 3 rings (SSSR count). The molecule has 140 valence electrons. The van der Waals surface area contributed by atoms with Crippen molar-refractivity contribution >= 4 is 17.1 Å². The molecule has 0 amide bonds. The molecule has 0 atom stereocenters. The Balaban J connectivity index is 1.94. The van der Waals surface area contributed by atoms with Crippen LogP contribution in [0.3, 0.4) is 0 Å². The van der Waals surface area contributed by atoms with Crippen LogP contribution in [0.4, 0.5) is 0 Å². The molecule has 0 fully saturated rings. The van der Waals surface area contributed by atoms with E-state index in [0.29, 0.717) is 22.6 Å². The first-order chi connectivity index (χ1) is 13.5. The molecule has 0 aliphatic heterocycles. The number of carbonyl (C=O) groups excluding carboxylic acids is 2. The predicted octanol–water partition coefficient (Wildman–Crippen LogP) is 6.03. The van der Waals surface area contributed by atoms with Crippen molar-refractivity contribution in [1.29, 1.82) is 0 Å². The van der Waals surface area contributed by atoms with E-state index in [4.69, 9.17) is 0 Å². The summed E-state index contributed by atoms with van der Waals surface area (Å²) in [4.78, 5) is 25.9. The van der Waals surface area contributed by atoms with Crippen LogP contribution in [-0.2, 0) is 6.42 Å². The summed E-state index contributed by atoms with van der Waals surface area (Å²) in [6, 6.07) is 26.0. The van der Waals surface area contributed by atoms with E-state index in [0.717, 1.165) is 12.0 Å². The average molecular weight is 368 g/mol. The van der Waals surface area contributed by atoms with Gasteiger partial charge in [-0.25, -0.2) is 0 Å². The van der Waals surface area contributed by atoms with Crippen LogP contribution in [0.1, 0.15) is 45.7 Å². The smallest absolute Gasteiger partial charge is 0.193 e. The highest BCUT2D eigenvalue weighted by atomic mass is 16.1. The van der Waals surface area contributed by atoms with Crippen LogP contribution >= 0.6 is 0 Å². The van der Waals surface area contributed by atoms with Gasteiger partial charge >= 0.3 is 0 Å². The van der Waals surface area contributed by atoms with E-state index in [1.807, 2.05) is 72.8 Å². The standard InChI is InChI=1S/C26H24O2/c1-19(2)17-20-13-15-22(16-14-20)25(27)18-24(21-9-5-3-6-10-21)26(28)23-11-7-4-8-12-23/h3-16,18-19H,17H2,1-2H3. The maximum atomic E-state index is 13.1. The van der Waals surface area contributed by atoms with Crippen LogP contribution < -0.4 is 0 Å². The maximum Gasteiger partial charge on any atom is 0.193 e. The predicted molar refractivity (Wildman–Crippen MR) is 115 cm³/mol. The maximum absolute atomic E-state index is 13.1. The topological polar surface area (TPSA) is 34.1 Å². The minimum absolute atomic E-state index is 0.156. The Morgan fingerprint density at radius 3 is 1.79 bits per heavy atom. The number of benzene rings is 3. The van der Waals surface area contributed by atoms with Crippen molar-refractivity contribution in [3.8, 4) is 0 Å². The summed E-state index contributed by atoms with van der Waals surface area (Å²) in [5.74, 6) is 0.241. The lowest BCUT2D eigenvalue weighted by Gasteiger charge is -2.08. The normalized spacial score (nSPS) is 11.5. The van der Waals surface area contributed by atoms with Gasteiger partial charge in [0, 0.05) is 16.7 Å². The lowest BCUT2D eigenvalue weighted by Crippen LogP contribution is -2.06. The molecule has 0 radical (unpaired) electrons. The Bertz CT molecular complexity index is 966. The van der Waals surface area contributed by atoms with E-state index in [9.17, 15) is 9.59 Å². The van der Waals surface area contributed by atoms with Gasteiger partial charge in [0.05, 0.1) is 0 Å². The molecular weight excluding hydrogens is 344 g/mol. The molecule has 3 aromatic carbocycles. The summed E-state index contributed by atoms with van der Waals surface area (Å²) in [5, 5.41) is 0. The summed E-state index contributed by atoms with van der Waals surface area (Å²) in [6.07, 6.45) is 2.44. The second-order valence-electron chi connectivity index (χ2n) is 7.28. The van der Waals surface area contributed by atoms with E-state index >= 15 is 0 Å². The SMILES string of the molecule is CC(C)Cc1ccc(C(=O)C=C(C(=O)c2ccccc2)c2ccccc2)cc1. The van der Waals surface area contributed by atoms with E-state index in [1.165, 1.54) is 11.6 Å². The fraction of sp³-hybridized carbons (Fsp3) is 0.154. The molecule has 0 saturated heterocycles. The fourth-order valence-corrected chi connectivity index (χ4v) is 3.13. The van der Waals surface area contributed by atoms with Gasteiger partial charge in [-0.1, -0.05) is 98.8 Å². The molecule has 0 unspecified atom stereocenters. The molecule has 0 bridgehead atoms. The Morgan fingerprint density at radius 2 is 1.25 bits per heavy atom. The van der Waals surface area contributed by atoms with Crippen LogP contribution in [0, 0.1) is 5.92 Å². The summed E-state index contributed by atoms with van der Waals surface area (Å²) >= 11 is 0. The first-order valence-electron chi connectivity index (χ1n) is 9.54. The number of hydrogen-bond acceptors (Lipinski definition) is 2. The van der Waals surface area contributed by atoms with E-state index in [2.05, 4.69) is 13.8 Å². The van der Waals surface area contributed by atoms with Gasteiger partial charge in [-0.05, 0) is 29.5 Å². The third-order valence-electron chi connectivity index (χ3n) is 4.52. The number of ketones is 2. The molecule has 28 heavy (non-hydrogen) atoms. The third kappa shape index (κ3) is 4.92. The zero-order chi connectivity index (χ0) is 19.9. The van der Waals surface area contributed by atoms with Crippen LogP contribution in [-0.4, -0.2) is 11.6 Å². The van der Waals surface area contributed by atoms with Crippen molar-refractivity contribution < 1.29 is 9.59 Å². The highest BCUT2D eigenvalue weighted by Crippen LogP contribution is 2.21. The second kappa shape index (κ2) is 9.09. The van der Waals surface area contributed by atoms with Crippen molar-refractivity contribution in [2.24, 2.45) is 5.92 Å². The summed E-state index contributed by atoms with van der Waals surface area (Å²) in [5.41, 5.74) is 3.50. The fourth-order valence-electron chi connectivity index (χ4n) is 3.13. The van der Waals surface area contributed by atoms with E-state index in [1.54, 1.807) is 12.1 Å². The molecule has 0 aromatic heterocycles. The largest absolute Gasteiger partial charge is 0.289 e. The van der Waals surface area contributed by atoms with Crippen LogP contribution in [0.15, 0.2) is 91.0 Å². The van der Waals surface area contributed by atoms with Gasteiger partial charge in [-0.2, -0.15) is 0 Å². The van der Waals surface area contributed by atoms with Crippen molar-refractivity contribution in [2.75, 3.05) is 0 Å². The van der Waals surface area contributed by atoms with Crippen LogP contribution in [0.5, 0.6) is 0 Å². The van der Waals surface area contributed by atoms with Gasteiger partial charge in [0.2, 0.25) is 0 Å². The molecule has 3 aromatic rings. The van der Waals surface area contributed by atoms with Crippen molar-refractivity contribution in [3.05, 3.63) is 113 Å². The van der Waals surface area contributed by atoms with Crippen molar-refractivity contribution in [2.45, 2.75) is 20.3 Å². The Hall–Kier alpha value is -3.26. The zero-order valence-electron chi connectivity index (χ0n) is 16.3. The number of rotatable bonds is 7. The van der Waals surface area contributed by atoms with Gasteiger partial charge in [0.1, 0.15) is 0 Å². The van der Waals surface area contributed by atoms with E-state index in [-0.39, 0.29) is 11.6 Å². The molecule has 0 N–H and O–H groups in total. The zero-order valence-corrected chi connectivity index (χ0v) is 16.3. The Kier molecular flexibility index (Phi) is 6.33. The van der Waals surface area contributed by atoms with Crippen molar-refractivity contribution in [1.82, 2.24) is 0 Å². The lowest BCUT2D eigenvalue weighted by atomic mass is 9.94.